The molecule has 0 aliphatic heterocycles. The fraction of sp³-hybridized carbons (Fsp3) is 0.412. The number of rotatable bonds is 7. The van der Waals surface area contributed by atoms with Gasteiger partial charge in [0.15, 0.2) is 5.82 Å². The quantitative estimate of drug-likeness (QED) is 0.779. The normalized spacial score (nSPS) is 13.6. The zero-order chi connectivity index (χ0) is 18.5. The van der Waals surface area contributed by atoms with Crippen LogP contribution < -0.4 is 20.1 Å². The van der Waals surface area contributed by atoms with Crippen LogP contribution in [-0.4, -0.2) is 41.0 Å². The van der Waals surface area contributed by atoms with Gasteiger partial charge in [0.1, 0.15) is 18.0 Å². The zero-order valence-electron chi connectivity index (χ0n) is 14.7. The third-order valence-electron chi connectivity index (χ3n) is 4.25. The Kier molecular flexibility index (Phi) is 5.35. The van der Waals surface area contributed by atoms with Crippen LogP contribution >= 0.6 is 0 Å². The molecular weight excluding hydrogens is 338 g/mol. The minimum absolute atomic E-state index is 0.0473. The average Bonchev–Trinajstić information content (AvgIpc) is 2.99. The fourth-order valence-electron chi connectivity index (χ4n) is 2.58. The third-order valence-corrected chi connectivity index (χ3v) is 4.25. The molecule has 2 N–H and O–H groups in total. The van der Waals surface area contributed by atoms with Crippen molar-refractivity contribution in [2.45, 2.75) is 25.8 Å². The van der Waals surface area contributed by atoms with Gasteiger partial charge in [-0.15, -0.1) is 5.10 Å². The monoisotopic (exact) mass is 359 g/mol. The summed E-state index contributed by atoms with van der Waals surface area (Å²) in [6.07, 6.45) is 4.42. The maximum absolute atomic E-state index is 12.3. The molecule has 1 saturated carbocycles. The molecule has 1 aliphatic carbocycles. The fourth-order valence-corrected chi connectivity index (χ4v) is 2.58. The Morgan fingerprint density at radius 1 is 1.23 bits per heavy atom. The van der Waals surface area contributed by atoms with E-state index in [0.29, 0.717) is 23.0 Å². The Morgan fingerprint density at radius 2 is 2.04 bits per heavy atom. The number of methoxy groups -OCH3 is 2. The third kappa shape index (κ3) is 4.11. The van der Waals surface area contributed by atoms with Gasteiger partial charge >= 0.3 is 0 Å². The Morgan fingerprint density at radius 3 is 2.69 bits per heavy atom. The zero-order valence-corrected chi connectivity index (χ0v) is 14.7. The Balaban J connectivity index is 1.59. The van der Waals surface area contributed by atoms with Crippen molar-refractivity contribution in [1.29, 1.82) is 0 Å². The molecule has 2 aromatic rings. The Hall–Kier alpha value is -3.10. The van der Waals surface area contributed by atoms with Gasteiger partial charge in [-0.05, 0) is 25.0 Å². The lowest BCUT2D eigenvalue weighted by atomic mass is 9.85. The van der Waals surface area contributed by atoms with E-state index < -0.39 is 0 Å². The second-order valence-corrected chi connectivity index (χ2v) is 6.03. The van der Waals surface area contributed by atoms with Gasteiger partial charge in [-0.3, -0.25) is 9.59 Å². The highest BCUT2D eigenvalue weighted by molar-refractivity contribution is 5.93. The molecule has 1 aromatic carbocycles. The van der Waals surface area contributed by atoms with Crippen LogP contribution in [0.4, 0.5) is 11.5 Å². The summed E-state index contributed by atoms with van der Waals surface area (Å²) in [5.74, 6) is 1.17. The molecular formula is C17H21N5O4. The number of nitrogens with one attached hydrogen (secondary N) is 2. The number of carbonyl (C=O) groups is 2. The smallest absolute Gasteiger partial charge is 0.246 e. The van der Waals surface area contributed by atoms with Crippen LogP contribution in [0, 0.1) is 5.92 Å². The van der Waals surface area contributed by atoms with E-state index in [1.165, 1.54) is 18.0 Å². The molecule has 0 bridgehead atoms. The van der Waals surface area contributed by atoms with Crippen molar-refractivity contribution in [3.63, 3.8) is 0 Å². The molecule has 0 saturated heterocycles. The maximum atomic E-state index is 12.3. The van der Waals surface area contributed by atoms with E-state index in [2.05, 4.69) is 20.9 Å². The van der Waals surface area contributed by atoms with Crippen molar-refractivity contribution in [3.05, 3.63) is 24.4 Å². The molecule has 0 unspecified atom stereocenters. The highest BCUT2D eigenvalue weighted by atomic mass is 16.5. The number of benzene rings is 1. The summed E-state index contributed by atoms with van der Waals surface area (Å²) in [6, 6.07) is 5.11. The SMILES string of the molecule is COc1ccc(OC)c(NC(=O)Cn2cc(NC(=O)C3CCC3)nn2)c1. The molecule has 138 valence electrons. The second kappa shape index (κ2) is 7.85. The molecule has 1 heterocycles. The second-order valence-electron chi connectivity index (χ2n) is 6.03. The van der Waals surface area contributed by atoms with Gasteiger partial charge in [-0.2, -0.15) is 0 Å². The maximum Gasteiger partial charge on any atom is 0.246 e. The van der Waals surface area contributed by atoms with Crippen LogP contribution in [-0.2, 0) is 16.1 Å². The summed E-state index contributed by atoms with van der Waals surface area (Å²) in [6.45, 7) is -0.0489. The average molecular weight is 359 g/mol. The molecule has 3 rings (SSSR count). The van der Waals surface area contributed by atoms with E-state index in [1.807, 2.05) is 0 Å². The predicted molar refractivity (Wildman–Crippen MR) is 94.2 cm³/mol. The summed E-state index contributed by atoms with van der Waals surface area (Å²) in [5, 5.41) is 13.2. The molecule has 0 spiro atoms. The van der Waals surface area contributed by atoms with E-state index >= 15 is 0 Å². The molecule has 1 fully saturated rings. The number of carbonyl (C=O) groups excluding carboxylic acids is 2. The summed E-state index contributed by atoms with van der Waals surface area (Å²) in [4.78, 5) is 24.2. The van der Waals surface area contributed by atoms with E-state index in [4.69, 9.17) is 9.47 Å². The lowest BCUT2D eigenvalue weighted by Gasteiger charge is -2.23. The molecule has 9 heteroatoms. The van der Waals surface area contributed by atoms with Gasteiger partial charge in [-0.1, -0.05) is 11.6 Å². The van der Waals surface area contributed by atoms with E-state index in [-0.39, 0.29) is 24.3 Å². The number of nitrogens with zero attached hydrogens (tertiary/aromatic N) is 3. The van der Waals surface area contributed by atoms with Crippen LogP contribution in [0.5, 0.6) is 11.5 Å². The first-order valence-electron chi connectivity index (χ1n) is 8.32. The standard InChI is InChI=1S/C17H21N5O4/c1-25-12-6-7-14(26-2)13(8-12)18-16(23)10-22-9-15(20-21-22)19-17(24)11-4-3-5-11/h6-9,11H,3-5,10H2,1-2H3,(H,18,23)(H,19,24). The van der Waals surface area contributed by atoms with E-state index in [0.717, 1.165) is 19.3 Å². The lowest BCUT2D eigenvalue weighted by Crippen LogP contribution is -2.28. The molecule has 0 radical (unpaired) electrons. The van der Waals surface area contributed by atoms with E-state index in [9.17, 15) is 9.59 Å². The van der Waals surface area contributed by atoms with Crippen molar-refractivity contribution in [2.24, 2.45) is 5.92 Å². The first-order chi connectivity index (χ1) is 12.6. The lowest BCUT2D eigenvalue weighted by molar-refractivity contribution is -0.122. The van der Waals surface area contributed by atoms with Crippen molar-refractivity contribution in [1.82, 2.24) is 15.0 Å². The Labute approximate surface area is 150 Å². The van der Waals surface area contributed by atoms with Crippen molar-refractivity contribution in [2.75, 3.05) is 24.9 Å². The number of hydrogen-bond acceptors (Lipinski definition) is 6. The summed E-state index contributed by atoms with van der Waals surface area (Å²) in [7, 11) is 3.06. The predicted octanol–water partition coefficient (Wildman–Crippen LogP) is 1.67. The molecule has 1 aromatic heterocycles. The van der Waals surface area contributed by atoms with Crippen LogP contribution in [0.1, 0.15) is 19.3 Å². The van der Waals surface area contributed by atoms with Crippen LogP contribution in [0.2, 0.25) is 0 Å². The number of hydrogen-bond donors (Lipinski definition) is 2. The summed E-state index contributed by atoms with van der Waals surface area (Å²) >= 11 is 0. The van der Waals surface area contributed by atoms with Gasteiger partial charge in [-0.25, -0.2) is 4.68 Å². The van der Waals surface area contributed by atoms with Crippen LogP contribution in [0.15, 0.2) is 24.4 Å². The van der Waals surface area contributed by atoms with Gasteiger partial charge in [0.25, 0.3) is 0 Å². The minimum atomic E-state index is -0.307. The number of aromatic nitrogens is 3. The van der Waals surface area contributed by atoms with Gasteiger partial charge in [0, 0.05) is 12.0 Å². The molecule has 2 amide bonds. The van der Waals surface area contributed by atoms with Crippen LogP contribution in [0.25, 0.3) is 0 Å². The summed E-state index contributed by atoms with van der Waals surface area (Å²) in [5.41, 5.74) is 0.496. The van der Waals surface area contributed by atoms with Gasteiger partial charge < -0.3 is 20.1 Å². The summed E-state index contributed by atoms with van der Waals surface area (Å²) < 4.78 is 11.7. The highest BCUT2D eigenvalue weighted by Gasteiger charge is 2.25. The van der Waals surface area contributed by atoms with Gasteiger partial charge in [0.05, 0.1) is 26.1 Å². The first kappa shape index (κ1) is 17.7. The number of anilines is 2. The topological polar surface area (TPSA) is 107 Å². The molecule has 9 nitrogen and oxygen atoms in total. The largest absolute Gasteiger partial charge is 0.497 e. The number of amides is 2. The van der Waals surface area contributed by atoms with Crippen molar-refractivity contribution in [3.8, 4) is 11.5 Å². The Bertz CT molecular complexity index is 800. The highest BCUT2D eigenvalue weighted by Crippen LogP contribution is 2.29. The molecule has 1 aliphatic rings. The van der Waals surface area contributed by atoms with Crippen LogP contribution in [0.3, 0.4) is 0 Å². The number of ether oxygens (including phenoxy) is 2. The minimum Gasteiger partial charge on any atom is -0.497 e. The van der Waals surface area contributed by atoms with Crippen molar-refractivity contribution < 1.29 is 19.1 Å². The first-order valence-corrected chi connectivity index (χ1v) is 8.32. The van der Waals surface area contributed by atoms with Crippen molar-refractivity contribution >= 4 is 23.3 Å². The molecule has 0 atom stereocenters. The van der Waals surface area contributed by atoms with E-state index in [1.54, 1.807) is 25.3 Å². The van der Waals surface area contributed by atoms with Gasteiger partial charge in [0.2, 0.25) is 11.8 Å². The molecule has 26 heavy (non-hydrogen) atoms.